The molecular formula is C18H19ClN4O5S. The van der Waals surface area contributed by atoms with Gasteiger partial charge in [0.1, 0.15) is 6.61 Å². The number of carboxylic acids is 1. The molecule has 0 saturated heterocycles. The molecule has 2 rings (SSSR count). The second kappa shape index (κ2) is 9.01. The first-order valence-corrected chi connectivity index (χ1v) is 9.10. The number of rotatable bonds is 7. The zero-order valence-electron chi connectivity index (χ0n) is 16.0. The van der Waals surface area contributed by atoms with Crippen molar-refractivity contribution in [2.45, 2.75) is 13.3 Å². The molecule has 0 saturated carbocycles. The number of hydrogen-bond donors (Lipinski definition) is 1. The van der Waals surface area contributed by atoms with Crippen molar-refractivity contribution >= 4 is 35.5 Å². The summed E-state index contributed by atoms with van der Waals surface area (Å²) in [6.07, 6.45) is 1.67. The molecule has 1 aromatic heterocycles. The second-order valence-corrected chi connectivity index (χ2v) is 6.90. The molecule has 0 aliphatic heterocycles. The van der Waals surface area contributed by atoms with Gasteiger partial charge in [0.2, 0.25) is 0 Å². The fourth-order valence-electron chi connectivity index (χ4n) is 2.58. The highest BCUT2D eigenvalue weighted by atomic mass is 35.5. The molecular weight excluding hydrogens is 420 g/mol. The second-order valence-electron chi connectivity index (χ2n) is 6.16. The van der Waals surface area contributed by atoms with Gasteiger partial charge in [-0.15, -0.1) is 0 Å². The normalized spacial score (nSPS) is 11.4. The van der Waals surface area contributed by atoms with Gasteiger partial charge in [0.25, 0.3) is 0 Å². The standard InChI is InChI=1S/C18H19ClN4O5S/c1-5-6-28-20-10(2)7-11-8-12(9-13(14(11)19)15(24)25)23-16(26)21(3)18(29)22(4)17(23)27/h5,8-9H,1,6-7H2,2-4H3,(H,24,25). The quantitative estimate of drug-likeness (QED) is 0.233. The molecule has 1 aromatic carbocycles. The van der Waals surface area contributed by atoms with Crippen molar-refractivity contribution in [3.63, 3.8) is 0 Å². The molecule has 0 radical (unpaired) electrons. The first-order chi connectivity index (χ1) is 13.6. The highest BCUT2D eigenvalue weighted by Crippen LogP contribution is 2.25. The highest BCUT2D eigenvalue weighted by molar-refractivity contribution is 7.71. The van der Waals surface area contributed by atoms with E-state index in [1.807, 2.05) is 0 Å². The van der Waals surface area contributed by atoms with Crippen LogP contribution in [-0.2, 0) is 25.4 Å². The lowest BCUT2D eigenvalue weighted by molar-refractivity contribution is 0.0697. The average molecular weight is 439 g/mol. The summed E-state index contributed by atoms with van der Waals surface area (Å²) in [6, 6.07) is 2.63. The summed E-state index contributed by atoms with van der Waals surface area (Å²) in [5, 5.41) is 13.4. The van der Waals surface area contributed by atoms with E-state index in [-0.39, 0.29) is 34.1 Å². The highest BCUT2D eigenvalue weighted by Gasteiger charge is 2.19. The van der Waals surface area contributed by atoms with Crippen LogP contribution in [0.5, 0.6) is 0 Å². The summed E-state index contributed by atoms with van der Waals surface area (Å²) in [6.45, 7) is 5.39. The van der Waals surface area contributed by atoms with Crippen LogP contribution in [0, 0.1) is 4.77 Å². The van der Waals surface area contributed by atoms with Crippen LogP contribution >= 0.6 is 23.8 Å². The summed E-state index contributed by atoms with van der Waals surface area (Å²) in [7, 11) is 2.84. The van der Waals surface area contributed by atoms with Crippen LogP contribution in [0.15, 0.2) is 39.5 Å². The first-order valence-electron chi connectivity index (χ1n) is 8.31. The van der Waals surface area contributed by atoms with Gasteiger partial charge in [-0.3, -0.25) is 9.13 Å². The van der Waals surface area contributed by atoms with Crippen molar-refractivity contribution in [1.29, 1.82) is 0 Å². The number of halogens is 1. The van der Waals surface area contributed by atoms with Gasteiger partial charge >= 0.3 is 17.3 Å². The fraction of sp³-hybridized carbons (Fsp3) is 0.278. The molecule has 0 fully saturated rings. The number of oxime groups is 1. The molecule has 0 unspecified atom stereocenters. The van der Waals surface area contributed by atoms with Gasteiger partial charge in [-0.05, 0) is 36.8 Å². The summed E-state index contributed by atoms with van der Waals surface area (Å²) >= 11 is 11.3. The van der Waals surface area contributed by atoms with Crippen molar-refractivity contribution in [2.24, 2.45) is 19.3 Å². The molecule has 1 N–H and O–H groups in total. The van der Waals surface area contributed by atoms with E-state index < -0.39 is 17.3 Å². The van der Waals surface area contributed by atoms with Gasteiger partial charge in [-0.2, -0.15) is 0 Å². The summed E-state index contributed by atoms with van der Waals surface area (Å²) < 4.78 is 3.09. The molecule has 0 aliphatic rings. The largest absolute Gasteiger partial charge is 0.478 e. The van der Waals surface area contributed by atoms with Gasteiger partial charge < -0.3 is 9.94 Å². The van der Waals surface area contributed by atoms with Crippen molar-refractivity contribution < 1.29 is 14.7 Å². The van der Waals surface area contributed by atoms with Crippen molar-refractivity contribution in [1.82, 2.24) is 13.7 Å². The Bertz CT molecular complexity index is 1150. The van der Waals surface area contributed by atoms with E-state index >= 15 is 0 Å². The topological polar surface area (TPSA) is 108 Å². The minimum Gasteiger partial charge on any atom is -0.478 e. The van der Waals surface area contributed by atoms with E-state index in [0.29, 0.717) is 11.3 Å². The van der Waals surface area contributed by atoms with E-state index in [4.69, 9.17) is 28.7 Å². The molecule has 0 atom stereocenters. The fourth-order valence-corrected chi connectivity index (χ4v) is 2.99. The lowest BCUT2D eigenvalue weighted by Crippen LogP contribution is -2.43. The monoisotopic (exact) mass is 438 g/mol. The van der Waals surface area contributed by atoms with E-state index in [1.54, 1.807) is 6.92 Å². The van der Waals surface area contributed by atoms with E-state index in [9.17, 15) is 19.5 Å². The van der Waals surface area contributed by atoms with Gasteiger partial charge in [-0.1, -0.05) is 29.4 Å². The van der Waals surface area contributed by atoms with E-state index in [0.717, 1.165) is 13.7 Å². The molecule has 0 amide bonds. The molecule has 0 spiro atoms. The van der Waals surface area contributed by atoms with E-state index in [2.05, 4.69) is 11.7 Å². The maximum absolute atomic E-state index is 12.6. The third-order valence-electron chi connectivity index (χ3n) is 4.01. The lowest BCUT2D eigenvalue weighted by atomic mass is 10.0. The summed E-state index contributed by atoms with van der Waals surface area (Å²) in [5.41, 5.74) is -0.737. The molecule has 29 heavy (non-hydrogen) atoms. The Morgan fingerprint density at radius 2 is 1.90 bits per heavy atom. The van der Waals surface area contributed by atoms with Gasteiger partial charge in [0.15, 0.2) is 4.77 Å². The Morgan fingerprint density at radius 3 is 2.41 bits per heavy atom. The van der Waals surface area contributed by atoms with Crippen LogP contribution in [-0.4, -0.2) is 37.1 Å². The van der Waals surface area contributed by atoms with Crippen LogP contribution in [0.3, 0.4) is 0 Å². The average Bonchev–Trinajstić information content (AvgIpc) is 2.67. The third kappa shape index (κ3) is 4.54. The van der Waals surface area contributed by atoms with Gasteiger partial charge in [0, 0.05) is 20.5 Å². The van der Waals surface area contributed by atoms with Crippen LogP contribution in [0.1, 0.15) is 22.8 Å². The van der Waals surface area contributed by atoms with Gasteiger partial charge in [0.05, 0.1) is 22.0 Å². The number of carbonyl (C=O) groups is 1. The summed E-state index contributed by atoms with van der Waals surface area (Å²) in [4.78, 5) is 42.0. The molecule has 0 bridgehead atoms. The van der Waals surface area contributed by atoms with Crippen molar-refractivity contribution in [3.8, 4) is 5.69 Å². The number of aromatic carboxylic acids is 1. The van der Waals surface area contributed by atoms with Crippen LogP contribution in [0.2, 0.25) is 5.02 Å². The maximum atomic E-state index is 12.6. The molecule has 0 aliphatic carbocycles. The van der Waals surface area contributed by atoms with Crippen molar-refractivity contribution in [3.05, 3.63) is 66.7 Å². The minimum absolute atomic E-state index is 0.0198. The van der Waals surface area contributed by atoms with Crippen LogP contribution in [0.25, 0.3) is 5.69 Å². The predicted octanol–water partition coefficient (Wildman–Crippen LogP) is 2.08. The van der Waals surface area contributed by atoms with Crippen molar-refractivity contribution in [2.75, 3.05) is 6.61 Å². The Morgan fingerprint density at radius 1 is 1.31 bits per heavy atom. The Balaban J connectivity index is 2.75. The molecule has 2 aromatic rings. The maximum Gasteiger partial charge on any atom is 0.338 e. The zero-order valence-corrected chi connectivity index (χ0v) is 17.6. The first kappa shape index (κ1) is 22.3. The number of benzene rings is 1. The number of carboxylic acid groups (broad SMARTS) is 1. The molecule has 11 heteroatoms. The van der Waals surface area contributed by atoms with Crippen LogP contribution < -0.4 is 11.4 Å². The SMILES string of the molecule is C=CCON=C(C)Cc1cc(-n2c(=O)n(C)c(=S)n(C)c2=O)cc(C(=O)O)c1Cl. The number of aromatic nitrogens is 3. The Labute approximate surface area is 175 Å². The molecule has 154 valence electrons. The Hall–Kier alpha value is -2.98. The third-order valence-corrected chi connectivity index (χ3v) is 5.00. The number of hydrogen-bond acceptors (Lipinski definition) is 6. The smallest absolute Gasteiger partial charge is 0.338 e. The Kier molecular flexibility index (Phi) is 6.93. The zero-order chi connectivity index (χ0) is 21.9. The van der Waals surface area contributed by atoms with Crippen LogP contribution in [0.4, 0.5) is 0 Å². The minimum atomic E-state index is -1.30. The van der Waals surface area contributed by atoms with Gasteiger partial charge in [-0.25, -0.2) is 19.0 Å². The molecule has 9 nitrogen and oxygen atoms in total. The molecule has 1 heterocycles. The number of nitrogens with zero attached hydrogens (tertiary/aromatic N) is 4. The summed E-state index contributed by atoms with van der Waals surface area (Å²) in [5.74, 6) is -1.30. The van der Waals surface area contributed by atoms with E-state index in [1.165, 1.54) is 32.3 Å². The predicted molar refractivity (Wildman–Crippen MR) is 112 cm³/mol. The lowest BCUT2D eigenvalue weighted by Gasteiger charge is -2.14.